The Morgan fingerprint density at radius 3 is 2.75 bits per heavy atom. The molecule has 4 heteroatoms. The number of nitrogens with zero attached hydrogens (tertiary/aromatic N) is 1. The number of pyridine rings is 1. The van der Waals surface area contributed by atoms with Crippen molar-refractivity contribution in [1.29, 1.82) is 0 Å². The Morgan fingerprint density at radius 1 is 1.35 bits per heavy atom. The van der Waals surface area contributed by atoms with Gasteiger partial charge in [-0.15, -0.1) is 0 Å². The van der Waals surface area contributed by atoms with Gasteiger partial charge in [0.05, 0.1) is 6.10 Å². The van der Waals surface area contributed by atoms with E-state index in [4.69, 9.17) is 9.72 Å². The molecule has 1 aromatic rings. The Labute approximate surface area is 134 Å². The summed E-state index contributed by atoms with van der Waals surface area (Å²) in [5.41, 5.74) is 3.51. The van der Waals surface area contributed by atoms with Gasteiger partial charge < -0.3 is 9.84 Å². The van der Waals surface area contributed by atoms with Gasteiger partial charge in [-0.2, -0.15) is 0 Å². The summed E-state index contributed by atoms with van der Waals surface area (Å²) in [7, 11) is 0. The quantitative estimate of drug-likeness (QED) is 0.749. The van der Waals surface area contributed by atoms with Crippen molar-refractivity contribution < 1.29 is 9.84 Å². The molecule has 0 unspecified atom stereocenters. The summed E-state index contributed by atoms with van der Waals surface area (Å²) in [5.74, 6) is 0.518. The van der Waals surface area contributed by atoms with E-state index in [1.54, 1.807) is 0 Å². The Bertz CT molecular complexity index is 509. The molecule has 0 saturated carbocycles. The predicted molar refractivity (Wildman–Crippen MR) is 86.8 cm³/mol. The standard InChI is InChI=1S/C16H22INO2/c1-16(2)8-13-15(14(19)9-16)11(17)7-12(18-13)10-3-5-20-6-4-10/h7,10,14,19H,3-6,8-9H2,1-2H3/t14-/m0/s1. The highest BCUT2D eigenvalue weighted by Gasteiger charge is 2.34. The molecule has 1 N–H and O–H groups in total. The van der Waals surface area contributed by atoms with Crippen molar-refractivity contribution in [3.8, 4) is 0 Å². The minimum Gasteiger partial charge on any atom is -0.388 e. The molecule has 3 rings (SSSR count). The van der Waals surface area contributed by atoms with E-state index >= 15 is 0 Å². The van der Waals surface area contributed by atoms with Crippen molar-refractivity contribution in [2.45, 2.75) is 51.6 Å². The summed E-state index contributed by atoms with van der Waals surface area (Å²) in [4.78, 5) is 4.92. The fraction of sp³-hybridized carbons (Fsp3) is 0.688. The lowest BCUT2D eigenvalue weighted by Gasteiger charge is -2.35. The third kappa shape index (κ3) is 2.88. The average Bonchev–Trinajstić information content (AvgIpc) is 2.37. The largest absolute Gasteiger partial charge is 0.388 e. The van der Waals surface area contributed by atoms with E-state index in [9.17, 15) is 5.11 Å². The number of aliphatic hydroxyl groups is 1. The highest BCUT2D eigenvalue weighted by Crippen LogP contribution is 2.42. The molecule has 3 nitrogen and oxygen atoms in total. The molecule has 0 bridgehead atoms. The molecule has 1 saturated heterocycles. The maximum Gasteiger partial charge on any atom is 0.0823 e. The van der Waals surface area contributed by atoms with Gasteiger partial charge in [0.2, 0.25) is 0 Å². The fourth-order valence-corrected chi connectivity index (χ4v) is 4.42. The highest BCUT2D eigenvalue weighted by molar-refractivity contribution is 14.1. The van der Waals surface area contributed by atoms with Gasteiger partial charge >= 0.3 is 0 Å². The second-order valence-electron chi connectivity index (χ2n) is 6.84. The number of aromatic nitrogens is 1. The zero-order chi connectivity index (χ0) is 14.3. The van der Waals surface area contributed by atoms with Crippen LogP contribution in [0.15, 0.2) is 6.07 Å². The smallest absolute Gasteiger partial charge is 0.0823 e. The first-order chi connectivity index (χ1) is 9.46. The molecule has 0 aromatic carbocycles. The van der Waals surface area contributed by atoms with Crippen molar-refractivity contribution in [3.05, 3.63) is 26.6 Å². The number of aliphatic hydroxyl groups excluding tert-OH is 1. The number of rotatable bonds is 1. The zero-order valence-corrected chi connectivity index (χ0v) is 14.3. The van der Waals surface area contributed by atoms with E-state index in [-0.39, 0.29) is 11.5 Å². The van der Waals surface area contributed by atoms with Gasteiger partial charge in [-0.1, -0.05) is 13.8 Å². The average molecular weight is 387 g/mol. The number of halogens is 1. The molecule has 0 spiro atoms. The molecule has 20 heavy (non-hydrogen) atoms. The van der Waals surface area contributed by atoms with E-state index in [1.165, 1.54) is 9.26 Å². The summed E-state index contributed by atoms with van der Waals surface area (Å²) in [6.07, 6.45) is 3.56. The predicted octanol–water partition coefficient (Wildman–Crippen LogP) is 3.59. The lowest BCUT2D eigenvalue weighted by Crippen LogP contribution is -2.28. The fourth-order valence-electron chi connectivity index (χ4n) is 3.43. The van der Waals surface area contributed by atoms with E-state index in [2.05, 4.69) is 42.5 Å². The van der Waals surface area contributed by atoms with Crippen LogP contribution in [-0.2, 0) is 11.2 Å². The van der Waals surface area contributed by atoms with Gasteiger partial charge in [0.1, 0.15) is 0 Å². The zero-order valence-electron chi connectivity index (χ0n) is 12.2. The minimum absolute atomic E-state index is 0.136. The molecule has 110 valence electrons. The van der Waals surface area contributed by atoms with Crippen LogP contribution in [0.1, 0.15) is 62.1 Å². The van der Waals surface area contributed by atoms with Crippen LogP contribution < -0.4 is 0 Å². The van der Waals surface area contributed by atoms with Gasteiger partial charge in [-0.3, -0.25) is 4.98 Å². The molecule has 0 amide bonds. The van der Waals surface area contributed by atoms with Crippen molar-refractivity contribution in [1.82, 2.24) is 4.98 Å². The van der Waals surface area contributed by atoms with Crippen LogP contribution in [0.25, 0.3) is 0 Å². The Balaban J connectivity index is 1.98. The van der Waals surface area contributed by atoms with Gasteiger partial charge in [0.15, 0.2) is 0 Å². The number of hydrogen-bond acceptors (Lipinski definition) is 3. The van der Waals surface area contributed by atoms with E-state index < -0.39 is 0 Å². The van der Waals surface area contributed by atoms with Crippen LogP contribution in [0, 0.1) is 8.99 Å². The monoisotopic (exact) mass is 387 g/mol. The van der Waals surface area contributed by atoms with Gasteiger partial charge in [-0.05, 0) is 59.8 Å². The van der Waals surface area contributed by atoms with Crippen LogP contribution in [0.2, 0.25) is 0 Å². The van der Waals surface area contributed by atoms with Crippen LogP contribution in [-0.4, -0.2) is 23.3 Å². The maximum atomic E-state index is 10.4. The van der Waals surface area contributed by atoms with Crippen molar-refractivity contribution in [2.24, 2.45) is 5.41 Å². The Morgan fingerprint density at radius 2 is 2.05 bits per heavy atom. The van der Waals surface area contributed by atoms with Crippen molar-refractivity contribution in [2.75, 3.05) is 13.2 Å². The topological polar surface area (TPSA) is 42.4 Å². The van der Waals surface area contributed by atoms with Crippen LogP contribution in [0.5, 0.6) is 0 Å². The number of fused-ring (bicyclic) bond motifs is 1. The maximum absolute atomic E-state index is 10.4. The molecule has 1 atom stereocenters. The van der Waals surface area contributed by atoms with E-state index in [1.807, 2.05) is 0 Å². The Kier molecular flexibility index (Phi) is 4.08. The molecule has 2 heterocycles. The third-order valence-corrected chi connectivity index (χ3v) is 5.36. The molecule has 0 radical (unpaired) electrons. The van der Waals surface area contributed by atoms with Crippen LogP contribution >= 0.6 is 22.6 Å². The molecule has 1 aromatic heterocycles. The molecule has 1 fully saturated rings. The normalized spacial score (nSPS) is 26.3. The van der Waals surface area contributed by atoms with Crippen molar-refractivity contribution >= 4 is 22.6 Å². The lowest BCUT2D eigenvalue weighted by molar-refractivity contribution is 0.0834. The second kappa shape index (κ2) is 5.54. The lowest BCUT2D eigenvalue weighted by atomic mass is 9.74. The summed E-state index contributed by atoms with van der Waals surface area (Å²) in [6, 6.07) is 2.18. The minimum atomic E-state index is -0.364. The number of ether oxygens (including phenoxy) is 1. The van der Waals surface area contributed by atoms with Crippen LogP contribution in [0.3, 0.4) is 0 Å². The molecule has 1 aliphatic carbocycles. The molecule has 1 aliphatic heterocycles. The van der Waals surface area contributed by atoms with Gasteiger partial charge in [-0.25, -0.2) is 0 Å². The SMILES string of the molecule is CC1(C)Cc2nc(C3CCOCC3)cc(I)c2[C@@H](O)C1. The van der Waals surface area contributed by atoms with Gasteiger partial charge in [0.25, 0.3) is 0 Å². The highest BCUT2D eigenvalue weighted by atomic mass is 127. The van der Waals surface area contributed by atoms with E-state index in [0.717, 1.165) is 50.2 Å². The molecular formula is C16H22INO2. The van der Waals surface area contributed by atoms with Gasteiger partial charge in [0, 0.05) is 39.7 Å². The molecule has 2 aliphatic rings. The Hall–Kier alpha value is -0.200. The summed E-state index contributed by atoms with van der Waals surface area (Å²) in [5, 5.41) is 10.4. The second-order valence-corrected chi connectivity index (χ2v) is 8.00. The van der Waals surface area contributed by atoms with Crippen LogP contribution in [0.4, 0.5) is 0 Å². The first-order valence-corrected chi connectivity index (χ1v) is 8.49. The summed E-state index contributed by atoms with van der Waals surface area (Å²) >= 11 is 2.36. The first kappa shape index (κ1) is 14.7. The third-order valence-electron chi connectivity index (χ3n) is 4.47. The first-order valence-electron chi connectivity index (χ1n) is 7.41. The summed E-state index contributed by atoms with van der Waals surface area (Å²) in [6.45, 7) is 6.12. The van der Waals surface area contributed by atoms with E-state index in [0.29, 0.717) is 5.92 Å². The number of hydrogen-bond donors (Lipinski definition) is 1. The summed E-state index contributed by atoms with van der Waals surface area (Å²) < 4.78 is 6.62. The molecular weight excluding hydrogens is 365 g/mol. The van der Waals surface area contributed by atoms with Crippen molar-refractivity contribution in [3.63, 3.8) is 0 Å².